The van der Waals surface area contributed by atoms with Gasteiger partial charge in [0.05, 0.1) is 5.75 Å². The lowest BCUT2D eigenvalue weighted by Crippen LogP contribution is -2.56. The number of hydrogen-bond acceptors (Lipinski definition) is 4. The Labute approximate surface area is 122 Å². The second-order valence-corrected chi connectivity index (χ2v) is 8.53. The third-order valence-electron chi connectivity index (χ3n) is 5.10. The number of nitrogens with zero attached hydrogens (tertiary/aromatic N) is 2. The molecule has 1 atom stereocenters. The lowest BCUT2D eigenvalue weighted by molar-refractivity contribution is 0.0849. The molecular formula is C14H27N3O2S. The zero-order chi connectivity index (χ0) is 14.0. The zero-order valence-corrected chi connectivity index (χ0v) is 13.1. The standard InChI is InChI=1S/C14H27N3O2S/c18-20(19,12-13-4-6-15-7-5-13)17-10-9-16-8-2-1-3-14(16)11-17/h13-15H,1-12H2. The van der Waals surface area contributed by atoms with Crippen molar-refractivity contribution >= 4 is 10.0 Å². The van der Waals surface area contributed by atoms with E-state index < -0.39 is 10.0 Å². The molecule has 0 amide bonds. The minimum Gasteiger partial charge on any atom is -0.317 e. The summed E-state index contributed by atoms with van der Waals surface area (Å²) in [5.74, 6) is 0.715. The molecule has 0 radical (unpaired) electrons. The van der Waals surface area contributed by atoms with Gasteiger partial charge in [0.25, 0.3) is 0 Å². The first-order valence-corrected chi connectivity index (χ1v) is 9.69. The molecule has 0 saturated carbocycles. The molecule has 3 fully saturated rings. The first-order valence-electron chi connectivity index (χ1n) is 8.08. The summed E-state index contributed by atoms with van der Waals surface area (Å²) in [6.07, 6.45) is 5.70. The van der Waals surface area contributed by atoms with Crippen molar-refractivity contribution in [3.8, 4) is 0 Å². The summed E-state index contributed by atoms with van der Waals surface area (Å²) < 4.78 is 27.0. The van der Waals surface area contributed by atoms with Gasteiger partial charge in [0.15, 0.2) is 0 Å². The average Bonchev–Trinajstić information content (AvgIpc) is 2.47. The fourth-order valence-corrected chi connectivity index (χ4v) is 5.73. The largest absolute Gasteiger partial charge is 0.317 e. The summed E-state index contributed by atoms with van der Waals surface area (Å²) in [5.41, 5.74) is 0. The van der Waals surface area contributed by atoms with Gasteiger partial charge in [-0.1, -0.05) is 6.42 Å². The van der Waals surface area contributed by atoms with E-state index in [1.54, 1.807) is 4.31 Å². The van der Waals surface area contributed by atoms with Crippen LogP contribution in [0.1, 0.15) is 32.1 Å². The van der Waals surface area contributed by atoms with Crippen LogP contribution in [0.2, 0.25) is 0 Å². The molecule has 1 unspecified atom stereocenters. The van der Waals surface area contributed by atoms with E-state index in [2.05, 4.69) is 10.2 Å². The van der Waals surface area contributed by atoms with E-state index in [1.807, 2.05) is 0 Å². The quantitative estimate of drug-likeness (QED) is 0.824. The number of sulfonamides is 1. The van der Waals surface area contributed by atoms with Gasteiger partial charge in [0.2, 0.25) is 10.0 Å². The van der Waals surface area contributed by atoms with Crippen LogP contribution >= 0.6 is 0 Å². The van der Waals surface area contributed by atoms with Gasteiger partial charge in [0.1, 0.15) is 0 Å². The zero-order valence-electron chi connectivity index (χ0n) is 12.3. The normalized spacial score (nSPS) is 31.1. The topological polar surface area (TPSA) is 52.7 Å². The minimum absolute atomic E-state index is 0.352. The Morgan fingerprint density at radius 2 is 1.80 bits per heavy atom. The van der Waals surface area contributed by atoms with E-state index in [1.165, 1.54) is 19.3 Å². The molecular weight excluding hydrogens is 274 g/mol. The average molecular weight is 301 g/mol. The Kier molecular flexibility index (Phi) is 4.65. The first kappa shape index (κ1) is 14.8. The van der Waals surface area contributed by atoms with Crippen molar-refractivity contribution in [1.29, 1.82) is 0 Å². The molecule has 20 heavy (non-hydrogen) atoms. The number of fused-ring (bicyclic) bond motifs is 1. The SMILES string of the molecule is O=S(=O)(CC1CCNCC1)N1CCN2CCCCC2C1. The fourth-order valence-electron chi connectivity index (χ4n) is 3.83. The van der Waals surface area contributed by atoms with E-state index in [9.17, 15) is 8.42 Å². The molecule has 0 aromatic heterocycles. The minimum atomic E-state index is -3.05. The molecule has 116 valence electrons. The maximum atomic E-state index is 12.6. The van der Waals surface area contributed by atoms with Crippen molar-refractivity contribution in [3.63, 3.8) is 0 Å². The van der Waals surface area contributed by atoms with Gasteiger partial charge in [-0.2, -0.15) is 4.31 Å². The highest BCUT2D eigenvalue weighted by Gasteiger charge is 2.35. The summed E-state index contributed by atoms with van der Waals surface area (Å²) in [5, 5.41) is 3.30. The van der Waals surface area contributed by atoms with Gasteiger partial charge in [-0.15, -0.1) is 0 Å². The Bertz CT molecular complexity index is 420. The third-order valence-corrected chi connectivity index (χ3v) is 7.11. The smallest absolute Gasteiger partial charge is 0.214 e. The van der Waals surface area contributed by atoms with Gasteiger partial charge < -0.3 is 5.32 Å². The van der Waals surface area contributed by atoms with Crippen LogP contribution in [0.3, 0.4) is 0 Å². The van der Waals surface area contributed by atoms with E-state index in [0.29, 0.717) is 24.3 Å². The number of piperidine rings is 2. The highest BCUT2D eigenvalue weighted by atomic mass is 32.2. The third kappa shape index (κ3) is 3.35. The molecule has 3 aliphatic heterocycles. The van der Waals surface area contributed by atoms with E-state index >= 15 is 0 Å². The summed E-state index contributed by atoms with van der Waals surface area (Å²) in [4.78, 5) is 2.49. The van der Waals surface area contributed by atoms with Crippen LogP contribution in [0.15, 0.2) is 0 Å². The van der Waals surface area contributed by atoms with Crippen LogP contribution in [0.4, 0.5) is 0 Å². The van der Waals surface area contributed by atoms with Crippen molar-refractivity contribution in [3.05, 3.63) is 0 Å². The molecule has 3 heterocycles. The Hall–Kier alpha value is -0.170. The predicted molar refractivity (Wildman–Crippen MR) is 80.2 cm³/mol. The lowest BCUT2D eigenvalue weighted by Gasteiger charge is -2.43. The lowest BCUT2D eigenvalue weighted by atomic mass is 10.0. The van der Waals surface area contributed by atoms with Crippen LogP contribution in [0.5, 0.6) is 0 Å². The molecule has 0 aromatic carbocycles. The number of hydrogen-bond donors (Lipinski definition) is 1. The maximum absolute atomic E-state index is 12.6. The molecule has 5 nitrogen and oxygen atoms in total. The Balaban J connectivity index is 1.59. The van der Waals surface area contributed by atoms with Crippen LogP contribution in [0, 0.1) is 5.92 Å². The molecule has 3 rings (SSSR count). The second-order valence-electron chi connectivity index (χ2n) is 6.52. The van der Waals surface area contributed by atoms with Crippen LogP contribution in [0.25, 0.3) is 0 Å². The fraction of sp³-hybridized carbons (Fsp3) is 1.00. The van der Waals surface area contributed by atoms with Crippen molar-refractivity contribution in [2.75, 3.05) is 45.0 Å². The maximum Gasteiger partial charge on any atom is 0.214 e. The van der Waals surface area contributed by atoms with E-state index in [-0.39, 0.29) is 0 Å². The summed E-state index contributed by atoms with van der Waals surface area (Å²) in [6.45, 7) is 5.45. The van der Waals surface area contributed by atoms with Gasteiger partial charge in [-0.05, 0) is 51.2 Å². The van der Waals surface area contributed by atoms with Crippen LogP contribution in [-0.2, 0) is 10.0 Å². The molecule has 1 N–H and O–H groups in total. The van der Waals surface area contributed by atoms with Crippen LogP contribution in [-0.4, -0.2) is 68.7 Å². The van der Waals surface area contributed by atoms with Crippen molar-refractivity contribution in [1.82, 2.24) is 14.5 Å². The van der Waals surface area contributed by atoms with Gasteiger partial charge in [-0.3, -0.25) is 4.90 Å². The highest BCUT2D eigenvalue weighted by Crippen LogP contribution is 2.24. The molecule has 0 spiro atoms. The monoisotopic (exact) mass is 301 g/mol. The number of rotatable bonds is 3. The van der Waals surface area contributed by atoms with Crippen molar-refractivity contribution < 1.29 is 8.42 Å². The van der Waals surface area contributed by atoms with Gasteiger partial charge >= 0.3 is 0 Å². The predicted octanol–water partition coefficient (Wildman–Crippen LogP) is 0.486. The van der Waals surface area contributed by atoms with Gasteiger partial charge in [0, 0.05) is 25.7 Å². The van der Waals surface area contributed by atoms with E-state index in [4.69, 9.17) is 0 Å². The molecule has 0 aliphatic carbocycles. The van der Waals surface area contributed by atoms with E-state index in [0.717, 1.165) is 45.6 Å². The molecule has 0 aromatic rings. The highest BCUT2D eigenvalue weighted by molar-refractivity contribution is 7.89. The van der Waals surface area contributed by atoms with Gasteiger partial charge in [-0.25, -0.2) is 8.42 Å². The Morgan fingerprint density at radius 1 is 1.00 bits per heavy atom. The summed E-state index contributed by atoms with van der Waals surface area (Å²) in [6, 6.07) is 0.472. The Morgan fingerprint density at radius 3 is 2.60 bits per heavy atom. The number of nitrogens with one attached hydrogen (secondary N) is 1. The summed E-state index contributed by atoms with van der Waals surface area (Å²) in [7, 11) is -3.05. The van der Waals surface area contributed by atoms with Crippen molar-refractivity contribution in [2.24, 2.45) is 5.92 Å². The number of piperazine rings is 1. The second kappa shape index (κ2) is 6.30. The molecule has 3 aliphatic rings. The van der Waals surface area contributed by atoms with Crippen LogP contribution < -0.4 is 5.32 Å². The summed E-state index contributed by atoms with van der Waals surface area (Å²) >= 11 is 0. The first-order chi connectivity index (χ1) is 9.65. The molecule has 6 heteroatoms. The van der Waals surface area contributed by atoms with Crippen molar-refractivity contribution in [2.45, 2.75) is 38.1 Å². The molecule has 3 saturated heterocycles. The molecule has 0 bridgehead atoms.